The van der Waals surface area contributed by atoms with E-state index in [0.717, 1.165) is 29.9 Å². The van der Waals surface area contributed by atoms with Gasteiger partial charge in [-0.25, -0.2) is 9.97 Å². The zero-order valence-corrected chi connectivity index (χ0v) is 17.3. The predicted molar refractivity (Wildman–Crippen MR) is 107 cm³/mol. The molecule has 2 rings (SSSR count). The Bertz CT molecular complexity index is 732. The second kappa shape index (κ2) is 8.47. The third kappa shape index (κ3) is 4.39. The first-order valence-electron chi connectivity index (χ1n) is 8.44. The monoisotopic (exact) mass is 407 g/mol. The van der Waals surface area contributed by atoms with Crippen LogP contribution in [0.5, 0.6) is 5.88 Å². The first-order chi connectivity index (χ1) is 11.9. The molecule has 0 radical (unpaired) electrons. The minimum absolute atomic E-state index is 0.351. The molecule has 1 N–H and O–H groups in total. The average Bonchev–Trinajstić information content (AvgIpc) is 2.60. The van der Waals surface area contributed by atoms with E-state index in [1.807, 2.05) is 38.1 Å². The molecule has 0 bridgehead atoms. The van der Waals surface area contributed by atoms with E-state index in [9.17, 15) is 0 Å². The summed E-state index contributed by atoms with van der Waals surface area (Å²) in [5.74, 6) is 2.09. The quantitative estimate of drug-likeness (QED) is 0.738. The van der Waals surface area contributed by atoms with Gasteiger partial charge in [0.25, 0.3) is 0 Å². The Balaban J connectivity index is 2.47. The number of ether oxygens (including phenoxy) is 1. The Morgan fingerprint density at radius 3 is 2.36 bits per heavy atom. The molecule has 6 nitrogen and oxygen atoms in total. The summed E-state index contributed by atoms with van der Waals surface area (Å²) in [6.45, 7) is 6.26. The van der Waals surface area contributed by atoms with E-state index in [-0.39, 0.29) is 0 Å². The first-order valence-corrected chi connectivity index (χ1v) is 9.23. The molecule has 0 aliphatic rings. The highest BCUT2D eigenvalue weighted by atomic mass is 79.9. The van der Waals surface area contributed by atoms with E-state index in [1.54, 1.807) is 7.11 Å². The number of pyridine rings is 1. The molecule has 0 atom stereocenters. The number of aryl methyl sites for hydroxylation is 1. The van der Waals surface area contributed by atoms with Crippen molar-refractivity contribution in [3.63, 3.8) is 0 Å². The standard InChI is InChI=1S/C18H26BrN5O/c1-7-12(8-2)21-17-16(19)22-15(18(23-17)25-6)13-9-10-14(24(4)5)20-11(13)3/h9-10,12H,7-8H2,1-6H3,(H,21,23). The molecule has 0 amide bonds. The van der Waals surface area contributed by atoms with Crippen molar-refractivity contribution in [1.29, 1.82) is 0 Å². The largest absolute Gasteiger partial charge is 0.479 e. The van der Waals surface area contributed by atoms with Crippen molar-refractivity contribution in [3.05, 3.63) is 22.4 Å². The van der Waals surface area contributed by atoms with Crippen molar-refractivity contribution < 1.29 is 4.74 Å². The van der Waals surface area contributed by atoms with Crippen molar-refractivity contribution in [2.45, 2.75) is 39.7 Å². The summed E-state index contributed by atoms with van der Waals surface area (Å²) in [4.78, 5) is 15.9. The van der Waals surface area contributed by atoms with Crippen LogP contribution in [0.1, 0.15) is 32.4 Å². The van der Waals surface area contributed by atoms with Gasteiger partial charge in [-0.1, -0.05) is 13.8 Å². The van der Waals surface area contributed by atoms with Gasteiger partial charge in [0, 0.05) is 31.4 Å². The Morgan fingerprint density at radius 1 is 1.16 bits per heavy atom. The van der Waals surface area contributed by atoms with Crippen LogP contribution < -0.4 is 15.0 Å². The van der Waals surface area contributed by atoms with Gasteiger partial charge in [-0.05, 0) is 47.8 Å². The number of anilines is 2. The van der Waals surface area contributed by atoms with Crippen LogP contribution in [0.2, 0.25) is 0 Å². The molecule has 2 aromatic rings. The van der Waals surface area contributed by atoms with Crippen LogP contribution in [0, 0.1) is 6.92 Å². The van der Waals surface area contributed by atoms with Crippen LogP contribution in [0.3, 0.4) is 0 Å². The highest BCUT2D eigenvalue weighted by molar-refractivity contribution is 9.10. The molecule has 0 aliphatic heterocycles. The molecule has 0 spiro atoms. The first kappa shape index (κ1) is 19.4. The molecule has 0 aromatic carbocycles. The van der Waals surface area contributed by atoms with Gasteiger partial charge in [-0.3, -0.25) is 0 Å². The van der Waals surface area contributed by atoms with Crippen LogP contribution in [0.15, 0.2) is 16.7 Å². The summed E-state index contributed by atoms with van der Waals surface area (Å²) in [6.07, 6.45) is 2.04. The highest BCUT2D eigenvalue weighted by Crippen LogP contribution is 2.33. The molecule has 2 aromatic heterocycles. The van der Waals surface area contributed by atoms with Crippen molar-refractivity contribution >= 4 is 27.6 Å². The second-order valence-corrected chi connectivity index (χ2v) is 6.83. The Kier molecular flexibility index (Phi) is 6.58. The number of hydrogen-bond donors (Lipinski definition) is 1. The van der Waals surface area contributed by atoms with E-state index in [0.29, 0.717) is 28.0 Å². The number of rotatable bonds is 7. The van der Waals surface area contributed by atoms with Gasteiger partial charge >= 0.3 is 0 Å². The fourth-order valence-electron chi connectivity index (χ4n) is 2.54. The number of nitrogens with one attached hydrogen (secondary N) is 1. The molecule has 0 aliphatic carbocycles. The summed E-state index contributed by atoms with van der Waals surface area (Å²) in [5, 5.41) is 3.42. The Hall–Kier alpha value is -1.89. The molecule has 2 heterocycles. The third-order valence-electron chi connectivity index (χ3n) is 4.13. The van der Waals surface area contributed by atoms with Gasteiger partial charge in [-0.15, -0.1) is 0 Å². The molecule has 25 heavy (non-hydrogen) atoms. The summed E-state index contributed by atoms with van der Waals surface area (Å²) in [5.41, 5.74) is 2.47. The molecular formula is C18H26BrN5O. The topological polar surface area (TPSA) is 63.2 Å². The van der Waals surface area contributed by atoms with E-state index in [4.69, 9.17) is 4.74 Å². The number of methoxy groups -OCH3 is 1. The van der Waals surface area contributed by atoms with Gasteiger partial charge in [0.2, 0.25) is 5.88 Å². The summed E-state index contributed by atoms with van der Waals surface area (Å²) >= 11 is 3.54. The molecule has 136 valence electrons. The maximum atomic E-state index is 5.50. The molecule has 7 heteroatoms. The van der Waals surface area contributed by atoms with Crippen molar-refractivity contribution in [1.82, 2.24) is 15.0 Å². The Morgan fingerprint density at radius 2 is 1.84 bits per heavy atom. The van der Waals surface area contributed by atoms with Gasteiger partial charge < -0.3 is 15.0 Å². The fraction of sp³-hybridized carbons (Fsp3) is 0.500. The van der Waals surface area contributed by atoms with E-state index >= 15 is 0 Å². The van der Waals surface area contributed by atoms with Gasteiger partial charge in [0.05, 0.1) is 7.11 Å². The van der Waals surface area contributed by atoms with Crippen LogP contribution in [-0.4, -0.2) is 42.2 Å². The lowest BCUT2D eigenvalue weighted by Gasteiger charge is -2.18. The zero-order valence-electron chi connectivity index (χ0n) is 15.7. The second-order valence-electron chi connectivity index (χ2n) is 6.08. The Labute approximate surface area is 158 Å². The summed E-state index contributed by atoms with van der Waals surface area (Å²) < 4.78 is 6.18. The van der Waals surface area contributed by atoms with Crippen LogP contribution in [0.25, 0.3) is 11.3 Å². The van der Waals surface area contributed by atoms with Crippen molar-refractivity contribution in [3.8, 4) is 17.1 Å². The fourth-order valence-corrected chi connectivity index (χ4v) is 2.92. The lowest BCUT2D eigenvalue weighted by Crippen LogP contribution is -2.19. The maximum Gasteiger partial charge on any atom is 0.242 e. The highest BCUT2D eigenvalue weighted by Gasteiger charge is 2.18. The molecule has 0 saturated heterocycles. The number of halogens is 1. The number of nitrogens with zero attached hydrogens (tertiary/aromatic N) is 4. The lowest BCUT2D eigenvalue weighted by molar-refractivity contribution is 0.398. The van der Waals surface area contributed by atoms with E-state index in [2.05, 4.69) is 50.0 Å². The third-order valence-corrected chi connectivity index (χ3v) is 4.68. The van der Waals surface area contributed by atoms with Gasteiger partial charge in [0.15, 0.2) is 5.82 Å². The molecule has 0 saturated carbocycles. The van der Waals surface area contributed by atoms with Gasteiger partial charge in [0.1, 0.15) is 16.1 Å². The normalized spacial score (nSPS) is 10.9. The minimum atomic E-state index is 0.351. The summed E-state index contributed by atoms with van der Waals surface area (Å²) in [6, 6.07) is 4.32. The lowest BCUT2D eigenvalue weighted by atomic mass is 10.1. The molecular weight excluding hydrogens is 382 g/mol. The summed E-state index contributed by atoms with van der Waals surface area (Å²) in [7, 11) is 5.55. The maximum absolute atomic E-state index is 5.50. The van der Waals surface area contributed by atoms with Crippen molar-refractivity contribution in [2.24, 2.45) is 0 Å². The average molecular weight is 408 g/mol. The smallest absolute Gasteiger partial charge is 0.242 e. The van der Waals surface area contributed by atoms with E-state index < -0.39 is 0 Å². The molecule has 0 fully saturated rings. The SMILES string of the molecule is CCC(CC)Nc1nc(OC)c(-c2ccc(N(C)C)nc2C)nc1Br. The van der Waals surface area contributed by atoms with E-state index in [1.165, 1.54) is 0 Å². The number of aromatic nitrogens is 3. The van der Waals surface area contributed by atoms with Crippen LogP contribution in [0.4, 0.5) is 11.6 Å². The predicted octanol–water partition coefficient (Wildman–Crippen LogP) is 4.28. The zero-order chi connectivity index (χ0) is 18.6. The van der Waals surface area contributed by atoms with Crippen molar-refractivity contribution in [2.75, 3.05) is 31.4 Å². The van der Waals surface area contributed by atoms with Gasteiger partial charge in [-0.2, -0.15) is 4.98 Å². The van der Waals surface area contributed by atoms with Crippen LogP contribution in [-0.2, 0) is 0 Å². The number of hydrogen-bond acceptors (Lipinski definition) is 6. The minimum Gasteiger partial charge on any atom is -0.479 e. The molecule has 0 unspecified atom stereocenters. The van der Waals surface area contributed by atoms with Crippen LogP contribution >= 0.6 is 15.9 Å².